The number of piperidine rings is 1. The van der Waals surface area contributed by atoms with E-state index in [1.807, 2.05) is 6.92 Å². The first kappa shape index (κ1) is 13.0. The number of nitrogens with one attached hydrogen (secondary N) is 2. The Kier molecular flexibility index (Phi) is 3.91. The second-order valence-corrected chi connectivity index (χ2v) is 4.67. The zero-order chi connectivity index (χ0) is 13.1. The van der Waals surface area contributed by atoms with Gasteiger partial charge in [-0.05, 0) is 37.6 Å². The largest absolute Gasteiger partial charge is 0.349 e. The smallest absolute Gasteiger partial charge is 0.254 e. The molecule has 0 aliphatic carbocycles. The van der Waals surface area contributed by atoms with Crippen molar-refractivity contribution < 1.29 is 13.6 Å². The molecule has 1 aliphatic rings. The molecule has 18 heavy (non-hydrogen) atoms. The van der Waals surface area contributed by atoms with E-state index in [0.29, 0.717) is 5.92 Å². The van der Waals surface area contributed by atoms with Crippen LogP contribution in [-0.4, -0.2) is 25.0 Å². The lowest BCUT2D eigenvalue weighted by Crippen LogP contribution is -2.48. The van der Waals surface area contributed by atoms with Crippen molar-refractivity contribution in [1.82, 2.24) is 10.6 Å². The standard InChI is InChI=1S/C13H16F2N2O/c1-8-7-16-5-4-12(8)17-13(18)10-3-2-9(14)6-11(10)15/h2-3,6,8,12,16H,4-5,7H2,1H3,(H,17,18)/t8-,12+/m1/s1. The van der Waals surface area contributed by atoms with Crippen LogP contribution in [0.2, 0.25) is 0 Å². The van der Waals surface area contributed by atoms with Crippen LogP contribution >= 0.6 is 0 Å². The molecule has 98 valence electrons. The lowest BCUT2D eigenvalue weighted by molar-refractivity contribution is 0.0910. The zero-order valence-electron chi connectivity index (χ0n) is 10.2. The van der Waals surface area contributed by atoms with E-state index in [9.17, 15) is 13.6 Å². The summed E-state index contributed by atoms with van der Waals surface area (Å²) in [6.45, 7) is 3.69. The summed E-state index contributed by atoms with van der Waals surface area (Å²) in [7, 11) is 0. The summed E-state index contributed by atoms with van der Waals surface area (Å²) in [5, 5.41) is 6.03. The summed E-state index contributed by atoms with van der Waals surface area (Å²) in [5.74, 6) is -1.69. The summed E-state index contributed by atoms with van der Waals surface area (Å²) < 4.78 is 26.2. The van der Waals surface area contributed by atoms with Crippen molar-refractivity contribution in [3.8, 4) is 0 Å². The lowest BCUT2D eigenvalue weighted by Gasteiger charge is -2.30. The highest BCUT2D eigenvalue weighted by molar-refractivity contribution is 5.94. The molecule has 1 aromatic carbocycles. The predicted octanol–water partition coefficient (Wildman–Crippen LogP) is 1.69. The second-order valence-electron chi connectivity index (χ2n) is 4.67. The predicted molar refractivity (Wildman–Crippen MR) is 64.3 cm³/mol. The summed E-state index contributed by atoms with van der Waals surface area (Å²) in [4.78, 5) is 11.9. The van der Waals surface area contributed by atoms with E-state index in [1.165, 1.54) is 6.07 Å². The Morgan fingerprint density at radius 2 is 2.22 bits per heavy atom. The Labute approximate surface area is 105 Å². The first-order valence-corrected chi connectivity index (χ1v) is 6.04. The van der Waals surface area contributed by atoms with Gasteiger partial charge in [-0.2, -0.15) is 0 Å². The van der Waals surface area contributed by atoms with E-state index in [2.05, 4.69) is 10.6 Å². The van der Waals surface area contributed by atoms with Crippen LogP contribution in [0.4, 0.5) is 8.78 Å². The SMILES string of the molecule is C[C@@H]1CNCC[C@@H]1NC(=O)c1ccc(F)cc1F. The first-order valence-electron chi connectivity index (χ1n) is 6.04. The van der Waals surface area contributed by atoms with E-state index in [-0.39, 0.29) is 11.6 Å². The fraction of sp³-hybridized carbons (Fsp3) is 0.462. The quantitative estimate of drug-likeness (QED) is 0.843. The fourth-order valence-electron chi connectivity index (χ4n) is 2.15. The van der Waals surface area contributed by atoms with Crippen molar-refractivity contribution in [2.75, 3.05) is 13.1 Å². The molecule has 1 fully saturated rings. The number of hydrogen-bond donors (Lipinski definition) is 2. The molecule has 0 spiro atoms. The van der Waals surface area contributed by atoms with Crippen LogP contribution in [0.1, 0.15) is 23.7 Å². The van der Waals surface area contributed by atoms with Gasteiger partial charge in [-0.15, -0.1) is 0 Å². The topological polar surface area (TPSA) is 41.1 Å². The molecule has 5 heteroatoms. The maximum Gasteiger partial charge on any atom is 0.254 e. The molecule has 2 atom stereocenters. The van der Waals surface area contributed by atoms with Crippen LogP contribution in [0.25, 0.3) is 0 Å². The van der Waals surface area contributed by atoms with Gasteiger partial charge < -0.3 is 10.6 Å². The monoisotopic (exact) mass is 254 g/mol. The molecule has 2 rings (SSSR count). The van der Waals surface area contributed by atoms with Gasteiger partial charge in [0, 0.05) is 12.1 Å². The number of hydrogen-bond acceptors (Lipinski definition) is 2. The van der Waals surface area contributed by atoms with Gasteiger partial charge in [0.15, 0.2) is 0 Å². The molecule has 1 saturated heterocycles. The van der Waals surface area contributed by atoms with Gasteiger partial charge in [0.25, 0.3) is 5.91 Å². The van der Waals surface area contributed by atoms with E-state index in [0.717, 1.165) is 31.6 Å². The Hall–Kier alpha value is -1.49. The highest BCUT2D eigenvalue weighted by Crippen LogP contribution is 2.13. The van der Waals surface area contributed by atoms with Gasteiger partial charge in [0.05, 0.1) is 5.56 Å². The van der Waals surface area contributed by atoms with Crippen LogP contribution in [0.15, 0.2) is 18.2 Å². The van der Waals surface area contributed by atoms with Gasteiger partial charge in [-0.25, -0.2) is 8.78 Å². The van der Waals surface area contributed by atoms with E-state index >= 15 is 0 Å². The molecular formula is C13H16F2N2O. The van der Waals surface area contributed by atoms with Gasteiger partial charge in [-0.1, -0.05) is 6.92 Å². The van der Waals surface area contributed by atoms with Gasteiger partial charge in [0.2, 0.25) is 0 Å². The fourth-order valence-corrected chi connectivity index (χ4v) is 2.15. The third-order valence-corrected chi connectivity index (χ3v) is 3.28. The number of rotatable bonds is 2. The molecule has 0 aromatic heterocycles. The Bertz CT molecular complexity index is 451. The Morgan fingerprint density at radius 1 is 1.44 bits per heavy atom. The number of amides is 1. The highest BCUT2D eigenvalue weighted by atomic mass is 19.1. The minimum absolute atomic E-state index is 0.0307. The molecule has 3 nitrogen and oxygen atoms in total. The molecule has 2 N–H and O–H groups in total. The average Bonchev–Trinajstić information content (AvgIpc) is 2.32. The van der Waals surface area contributed by atoms with Crippen LogP contribution in [0.5, 0.6) is 0 Å². The molecule has 1 aromatic rings. The van der Waals surface area contributed by atoms with Gasteiger partial charge in [-0.3, -0.25) is 4.79 Å². The zero-order valence-corrected chi connectivity index (χ0v) is 10.2. The van der Waals surface area contributed by atoms with Crippen molar-refractivity contribution in [3.05, 3.63) is 35.4 Å². The molecule has 0 unspecified atom stereocenters. The highest BCUT2D eigenvalue weighted by Gasteiger charge is 2.24. The molecule has 0 radical (unpaired) electrons. The molecule has 1 amide bonds. The summed E-state index contributed by atoms with van der Waals surface area (Å²) in [5.41, 5.74) is -0.109. The van der Waals surface area contributed by atoms with Crippen molar-refractivity contribution in [1.29, 1.82) is 0 Å². The summed E-state index contributed by atoms with van der Waals surface area (Å²) in [6.07, 6.45) is 0.815. The van der Waals surface area contributed by atoms with Crippen LogP contribution in [0.3, 0.4) is 0 Å². The van der Waals surface area contributed by atoms with E-state index in [1.54, 1.807) is 0 Å². The van der Waals surface area contributed by atoms with Crippen molar-refractivity contribution in [3.63, 3.8) is 0 Å². The molecular weight excluding hydrogens is 238 g/mol. The maximum atomic E-state index is 13.4. The average molecular weight is 254 g/mol. The van der Waals surface area contributed by atoms with Crippen molar-refractivity contribution >= 4 is 5.91 Å². The first-order chi connectivity index (χ1) is 8.58. The van der Waals surface area contributed by atoms with Crippen LogP contribution < -0.4 is 10.6 Å². The Balaban J connectivity index is 2.07. The third-order valence-electron chi connectivity index (χ3n) is 3.28. The van der Waals surface area contributed by atoms with Crippen molar-refractivity contribution in [2.24, 2.45) is 5.92 Å². The Morgan fingerprint density at radius 3 is 2.89 bits per heavy atom. The van der Waals surface area contributed by atoms with Gasteiger partial charge in [0.1, 0.15) is 11.6 Å². The summed E-state index contributed by atoms with van der Waals surface area (Å²) in [6, 6.07) is 3.01. The van der Waals surface area contributed by atoms with Crippen LogP contribution in [-0.2, 0) is 0 Å². The van der Waals surface area contributed by atoms with E-state index in [4.69, 9.17) is 0 Å². The molecule has 1 aliphatic heterocycles. The van der Waals surface area contributed by atoms with Crippen molar-refractivity contribution in [2.45, 2.75) is 19.4 Å². The molecule has 0 bridgehead atoms. The number of carbonyl (C=O) groups is 1. The molecule has 1 heterocycles. The van der Waals surface area contributed by atoms with Gasteiger partial charge >= 0.3 is 0 Å². The van der Waals surface area contributed by atoms with E-state index < -0.39 is 17.5 Å². The lowest BCUT2D eigenvalue weighted by atomic mass is 9.95. The maximum absolute atomic E-state index is 13.4. The summed E-state index contributed by atoms with van der Waals surface area (Å²) >= 11 is 0. The normalized spacial score (nSPS) is 23.7. The number of halogens is 2. The number of benzene rings is 1. The minimum Gasteiger partial charge on any atom is -0.349 e. The second kappa shape index (κ2) is 5.44. The molecule has 0 saturated carbocycles. The van der Waals surface area contributed by atoms with Crippen LogP contribution in [0, 0.1) is 17.6 Å². The minimum atomic E-state index is -0.825. The number of carbonyl (C=O) groups excluding carboxylic acids is 1. The third kappa shape index (κ3) is 2.85.